The molecular formula is C25H23FN2O6. The molecule has 3 N–H and O–H groups in total. The van der Waals surface area contributed by atoms with Gasteiger partial charge in [0.2, 0.25) is 5.82 Å². The Balaban J connectivity index is 1.31. The van der Waals surface area contributed by atoms with Crippen molar-refractivity contribution in [3.63, 3.8) is 0 Å². The number of halogens is 1. The summed E-state index contributed by atoms with van der Waals surface area (Å²) in [5.74, 6) is -1.20. The van der Waals surface area contributed by atoms with Gasteiger partial charge in [0.05, 0.1) is 16.6 Å². The quantitative estimate of drug-likeness (QED) is 0.340. The lowest BCUT2D eigenvalue weighted by atomic mass is 9.98. The van der Waals surface area contributed by atoms with Crippen LogP contribution in [0.4, 0.5) is 14.9 Å². The van der Waals surface area contributed by atoms with E-state index in [0.717, 1.165) is 28.3 Å². The molecular weight excluding hydrogens is 443 g/mol. The molecule has 0 radical (unpaired) electrons. The largest absolute Gasteiger partial charge is 0.449 e. The summed E-state index contributed by atoms with van der Waals surface area (Å²) in [4.78, 5) is 22.4. The van der Waals surface area contributed by atoms with Crippen molar-refractivity contribution in [1.29, 1.82) is 0 Å². The van der Waals surface area contributed by atoms with E-state index in [9.17, 15) is 29.5 Å². The number of nitro benzene ring substituents is 1. The number of nitrogens with one attached hydrogen (secondary N) is 1. The molecule has 0 bridgehead atoms. The van der Waals surface area contributed by atoms with E-state index in [2.05, 4.69) is 5.32 Å². The molecule has 0 aromatic heterocycles. The first-order valence-corrected chi connectivity index (χ1v) is 10.8. The van der Waals surface area contributed by atoms with E-state index < -0.39 is 34.7 Å². The van der Waals surface area contributed by atoms with Crippen LogP contribution >= 0.6 is 0 Å². The van der Waals surface area contributed by atoms with Crippen molar-refractivity contribution in [3.05, 3.63) is 99.4 Å². The van der Waals surface area contributed by atoms with Gasteiger partial charge in [0.15, 0.2) is 0 Å². The van der Waals surface area contributed by atoms with Gasteiger partial charge in [-0.15, -0.1) is 0 Å². The SMILES string of the molecule is O=C(NCCC(O)C(O)c1cccc(F)c1[N+](=O)[O-])OCC1c2ccccc2-c2ccccc21. The average Bonchev–Trinajstić information content (AvgIpc) is 3.15. The second-order valence-corrected chi connectivity index (χ2v) is 7.99. The third-order valence-electron chi connectivity index (χ3n) is 5.94. The van der Waals surface area contributed by atoms with E-state index in [1.54, 1.807) is 0 Å². The molecule has 0 aliphatic heterocycles. The molecule has 1 aliphatic rings. The van der Waals surface area contributed by atoms with Crippen LogP contribution in [0.2, 0.25) is 0 Å². The Morgan fingerprint density at radius 3 is 2.26 bits per heavy atom. The van der Waals surface area contributed by atoms with Crippen LogP contribution in [0.1, 0.15) is 35.1 Å². The number of nitrogens with zero attached hydrogens (tertiary/aromatic N) is 1. The van der Waals surface area contributed by atoms with Gasteiger partial charge < -0.3 is 20.3 Å². The van der Waals surface area contributed by atoms with Gasteiger partial charge >= 0.3 is 11.8 Å². The maximum Gasteiger partial charge on any atom is 0.407 e. The number of aliphatic hydroxyl groups is 2. The number of aliphatic hydroxyl groups excluding tert-OH is 2. The van der Waals surface area contributed by atoms with Gasteiger partial charge in [-0.3, -0.25) is 10.1 Å². The zero-order chi connectivity index (χ0) is 24.2. The van der Waals surface area contributed by atoms with Crippen molar-refractivity contribution in [3.8, 4) is 11.1 Å². The monoisotopic (exact) mass is 466 g/mol. The molecule has 0 saturated carbocycles. The molecule has 176 valence electrons. The van der Waals surface area contributed by atoms with Crippen LogP contribution in [0.25, 0.3) is 11.1 Å². The van der Waals surface area contributed by atoms with Crippen molar-refractivity contribution in [2.75, 3.05) is 13.2 Å². The molecule has 4 rings (SSSR count). The van der Waals surface area contributed by atoms with Crippen LogP contribution in [-0.4, -0.2) is 40.5 Å². The Morgan fingerprint density at radius 2 is 1.65 bits per heavy atom. The average molecular weight is 466 g/mol. The van der Waals surface area contributed by atoms with Gasteiger partial charge in [-0.25, -0.2) is 4.79 Å². The summed E-state index contributed by atoms with van der Waals surface area (Å²) in [6.45, 7) is 0.0680. The van der Waals surface area contributed by atoms with Gasteiger partial charge in [0.25, 0.3) is 0 Å². The van der Waals surface area contributed by atoms with Crippen LogP contribution < -0.4 is 5.32 Å². The van der Waals surface area contributed by atoms with Crippen molar-refractivity contribution < 1.29 is 29.1 Å². The van der Waals surface area contributed by atoms with Crippen LogP contribution in [0.3, 0.4) is 0 Å². The van der Waals surface area contributed by atoms with Gasteiger partial charge in [-0.05, 0) is 40.8 Å². The van der Waals surface area contributed by atoms with E-state index in [-0.39, 0.29) is 31.1 Å². The molecule has 0 saturated heterocycles. The van der Waals surface area contributed by atoms with E-state index in [1.165, 1.54) is 12.1 Å². The summed E-state index contributed by atoms with van der Waals surface area (Å²) in [7, 11) is 0. The maximum absolute atomic E-state index is 13.8. The fourth-order valence-corrected chi connectivity index (χ4v) is 4.30. The number of nitro groups is 1. The fraction of sp³-hybridized carbons (Fsp3) is 0.240. The summed E-state index contributed by atoms with van der Waals surface area (Å²) in [6.07, 6.45) is -3.98. The highest BCUT2D eigenvalue weighted by atomic mass is 19.1. The molecule has 9 heteroatoms. The number of hydrogen-bond donors (Lipinski definition) is 3. The third kappa shape index (κ3) is 4.61. The number of amides is 1. The fourth-order valence-electron chi connectivity index (χ4n) is 4.30. The Bertz CT molecular complexity index is 1170. The minimum Gasteiger partial charge on any atom is -0.449 e. The van der Waals surface area contributed by atoms with E-state index in [0.29, 0.717) is 0 Å². The molecule has 2 unspecified atom stereocenters. The first kappa shape index (κ1) is 23.3. The number of benzene rings is 3. The standard InChI is InChI=1S/C25H23FN2O6/c26-21-11-5-10-19(23(21)28(32)33)24(30)22(29)12-13-27-25(31)34-14-20-17-8-3-1-6-15(17)16-7-2-4-9-18(16)20/h1-11,20,22,24,29-30H,12-14H2,(H,27,31). The summed E-state index contributed by atoms with van der Waals surface area (Å²) >= 11 is 0. The van der Waals surface area contributed by atoms with Crippen molar-refractivity contribution in [1.82, 2.24) is 5.32 Å². The number of fused-ring (bicyclic) bond motifs is 3. The molecule has 1 aliphatic carbocycles. The second-order valence-electron chi connectivity index (χ2n) is 7.99. The Labute approximate surface area is 194 Å². The van der Waals surface area contributed by atoms with Gasteiger partial charge in [0, 0.05) is 12.5 Å². The molecule has 0 heterocycles. The molecule has 3 aromatic carbocycles. The highest BCUT2D eigenvalue weighted by Crippen LogP contribution is 2.44. The number of carbonyl (C=O) groups excluding carboxylic acids is 1. The summed E-state index contributed by atoms with van der Waals surface area (Å²) in [6, 6.07) is 19.2. The minimum atomic E-state index is -1.69. The van der Waals surface area contributed by atoms with Crippen molar-refractivity contribution in [2.45, 2.75) is 24.5 Å². The molecule has 1 amide bonds. The van der Waals surface area contributed by atoms with E-state index >= 15 is 0 Å². The minimum absolute atomic E-state index is 0.0575. The molecule has 34 heavy (non-hydrogen) atoms. The number of carbonyl (C=O) groups is 1. The third-order valence-corrected chi connectivity index (χ3v) is 5.94. The Kier molecular flexibility index (Phi) is 6.85. The molecule has 3 aromatic rings. The topological polar surface area (TPSA) is 122 Å². The van der Waals surface area contributed by atoms with Crippen LogP contribution in [0.15, 0.2) is 66.7 Å². The first-order chi connectivity index (χ1) is 16.4. The highest BCUT2D eigenvalue weighted by Gasteiger charge is 2.30. The zero-order valence-corrected chi connectivity index (χ0v) is 18.1. The molecule has 0 fully saturated rings. The van der Waals surface area contributed by atoms with Crippen molar-refractivity contribution >= 4 is 11.8 Å². The molecule has 8 nitrogen and oxygen atoms in total. The number of ether oxygens (including phenoxy) is 1. The lowest BCUT2D eigenvalue weighted by Gasteiger charge is -2.19. The van der Waals surface area contributed by atoms with Gasteiger partial charge in [-0.2, -0.15) is 4.39 Å². The predicted octanol–water partition coefficient (Wildman–Crippen LogP) is 4.06. The summed E-state index contributed by atoms with van der Waals surface area (Å²) in [5, 5.41) is 34.1. The van der Waals surface area contributed by atoms with Crippen LogP contribution in [0, 0.1) is 15.9 Å². The first-order valence-electron chi connectivity index (χ1n) is 10.8. The van der Waals surface area contributed by atoms with Crippen LogP contribution in [0.5, 0.6) is 0 Å². The van der Waals surface area contributed by atoms with Crippen LogP contribution in [-0.2, 0) is 4.74 Å². The molecule has 0 spiro atoms. The normalized spacial score (nSPS) is 14.1. The lowest BCUT2D eigenvalue weighted by Crippen LogP contribution is -2.31. The Hall–Kier alpha value is -3.82. The summed E-state index contributed by atoms with van der Waals surface area (Å²) < 4.78 is 19.2. The van der Waals surface area contributed by atoms with Crippen molar-refractivity contribution in [2.24, 2.45) is 0 Å². The molecule has 2 atom stereocenters. The Morgan fingerprint density at radius 1 is 1.03 bits per heavy atom. The number of alkyl carbamates (subject to hydrolysis) is 1. The maximum atomic E-state index is 13.8. The highest BCUT2D eigenvalue weighted by molar-refractivity contribution is 5.79. The predicted molar refractivity (Wildman–Crippen MR) is 122 cm³/mol. The smallest absolute Gasteiger partial charge is 0.407 e. The number of rotatable bonds is 8. The number of para-hydroxylation sites is 1. The lowest BCUT2D eigenvalue weighted by molar-refractivity contribution is -0.389. The summed E-state index contributed by atoms with van der Waals surface area (Å²) in [5.41, 5.74) is 3.14. The van der Waals surface area contributed by atoms with E-state index in [1.807, 2.05) is 48.5 Å². The van der Waals surface area contributed by atoms with Gasteiger partial charge in [-0.1, -0.05) is 54.6 Å². The zero-order valence-electron chi connectivity index (χ0n) is 18.1. The van der Waals surface area contributed by atoms with Gasteiger partial charge in [0.1, 0.15) is 12.7 Å². The van der Waals surface area contributed by atoms with E-state index in [4.69, 9.17) is 4.74 Å². The second kappa shape index (κ2) is 9.98. The number of hydrogen-bond acceptors (Lipinski definition) is 6.